The lowest BCUT2D eigenvalue weighted by atomic mass is 10.2. The van der Waals surface area contributed by atoms with E-state index in [9.17, 15) is 9.59 Å². The van der Waals surface area contributed by atoms with Crippen molar-refractivity contribution in [2.24, 2.45) is 0 Å². The van der Waals surface area contributed by atoms with Crippen molar-refractivity contribution in [3.63, 3.8) is 0 Å². The van der Waals surface area contributed by atoms with Crippen LogP contribution in [0.3, 0.4) is 0 Å². The number of amides is 3. The molecule has 4 aromatic rings. The van der Waals surface area contributed by atoms with Crippen molar-refractivity contribution in [2.45, 2.75) is 13.0 Å². The van der Waals surface area contributed by atoms with E-state index in [4.69, 9.17) is 0 Å². The van der Waals surface area contributed by atoms with E-state index in [-0.39, 0.29) is 24.9 Å². The zero-order valence-corrected chi connectivity index (χ0v) is 16.8. The van der Waals surface area contributed by atoms with Gasteiger partial charge in [0.15, 0.2) is 0 Å². The number of nitrogens with zero attached hydrogens (tertiary/aromatic N) is 3. The first kappa shape index (κ1) is 20.1. The van der Waals surface area contributed by atoms with Crippen molar-refractivity contribution in [3.05, 3.63) is 84.8 Å². The standard InChI is InChI=1S/C23H22N6O2/c30-22(12-13-24-23(31)28-18-6-2-1-3-7-18)26-15-17-10-11-21(25-14-17)29-16-27-19-8-4-5-9-20(19)29/h1-11,14,16H,12-13,15H2,(H,26,30)(H2,24,28,31). The number of pyridine rings is 1. The van der Waals surface area contributed by atoms with Crippen LogP contribution in [0.25, 0.3) is 16.9 Å². The zero-order chi connectivity index (χ0) is 21.5. The summed E-state index contributed by atoms with van der Waals surface area (Å²) < 4.78 is 1.92. The number of fused-ring (bicyclic) bond motifs is 1. The average molecular weight is 414 g/mol. The fraction of sp³-hybridized carbons (Fsp3) is 0.130. The quantitative estimate of drug-likeness (QED) is 0.432. The number of para-hydroxylation sites is 3. The Kier molecular flexibility index (Phi) is 6.18. The number of imidazole rings is 1. The predicted octanol–water partition coefficient (Wildman–Crippen LogP) is 3.25. The summed E-state index contributed by atoms with van der Waals surface area (Å²) in [6, 6.07) is 20.5. The average Bonchev–Trinajstić information content (AvgIpc) is 3.23. The van der Waals surface area contributed by atoms with Crippen LogP contribution in [0.1, 0.15) is 12.0 Å². The highest BCUT2D eigenvalue weighted by atomic mass is 16.2. The van der Waals surface area contributed by atoms with Crippen molar-refractivity contribution in [1.82, 2.24) is 25.2 Å². The molecule has 0 saturated carbocycles. The van der Waals surface area contributed by atoms with Crippen LogP contribution in [-0.2, 0) is 11.3 Å². The van der Waals surface area contributed by atoms with Crippen LogP contribution < -0.4 is 16.0 Å². The second-order valence-corrected chi connectivity index (χ2v) is 6.90. The Morgan fingerprint density at radius 1 is 0.871 bits per heavy atom. The van der Waals surface area contributed by atoms with Gasteiger partial charge in [0.2, 0.25) is 5.91 Å². The smallest absolute Gasteiger partial charge is 0.319 e. The third-order valence-corrected chi connectivity index (χ3v) is 4.67. The highest BCUT2D eigenvalue weighted by Gasteiger charge is 2.07. The Balaban J connectivity index is 1.22. The van der Waals surface area contributed by atoms with Gasteiger partial charge in [0.1, 0.15) is 12.1 Å². The molecule has 0 fully saturated rings. The first-order valence-corrected chi connectivity index (χ1v) is 9.93. The summed E-state index contributed by atoms with van der Waals surface area (Å²) in [5.74, 6) is 0.613. The summed E-state index contributed by atoms with van der Waals surface area (Å²) in [5, 5.41) is 8.21. The number of carbonyl (C=O) groups is 2. The summed E-state index contributed by atoms with van der Waals surface area (Å²) >= 11 is 0. The number of rotatable bonds is 7. The molecular weight excluding hydrogens is 392 g/mol. The number of nitrogens with one attached hydrogen (secondary N) is 3. The van der Waals surface area contributed by atoms with Crippen LogP contribution in [0.4, 0.5) is 10.5 Å². The van der Waals surface area contributed by atoms with E-state index in [2.05, 4.69) is 25.9 Å². The fourth-order valence-electron chi connectivity index (χ4n) is 3.08. The number of urea groups is 1. The molecule has 2 aromatic heterocycles. The molecule has 3 amide bonds. The molecule has 4 rings (SSSR count). The van der Waals surface area contributed by atoms with Crippen molar-refractivity contribution < 1.29 is 9.59 Å². The number of carbonyl (C=O) groups excluding carboxylic acids is 2. The van der Waals surface area contributed by atoms with Gasteiger partial charge in [-0.3, -0.25) is 9.36 Å². The molecule has 0 aliphatic carbocycles. The number of benzene rings is 2. The van der Waals surface area contributed by atoms with Crippen LogP contribution in [0.15, 0.2) is 79.3 Å². The molecule has 2 heterocycles. The third kappa shape index (κ3) is 5.24. The molecule has 0 atom stereocenters. The summed E-state index contributed by atoms with van der Waals surface area (Å²) in [4.78, 5) is 32.7. The van der Waals surface area contributed by atoms with E-state index in [0.717, 1.165) is 22.4 Å². The molecule has 0 radical (unpaired) electrons. The lowest BCUT2D eigenvalue weighted by Crippen LogP contribution is -2.33. The molecule has 156 valence electrons. The monoisotopic (exact) mass is 414 g/mol. The van der Waals surface area contributed by atoms with E-state index in [1.54, 1.807) is 24.7 Å². The van der Waals surface area contributed by atoms with Gasteiger partial charge in [0.05, 0.1) is 11.0 Å². The molecule has 0 spiro atoms. The van der Waals surface area contributed by atoms with Gasteiger partial charge < -0.3 is 16.0 Å². The van der Waals surface area contributed by atoms with E-state index in [1.807, 2.05) is 59.2 Å². The lowest BCUT2D eigenvalue weighted by molar-refractivity contribution is -0.121. The Bertz CT molecular complexity index is 1170. The minimum atomic E-state index is -0.342. The molecule has 0 aliphatic heterocycles. The normalized spacial score (nSPS) is 10.6. The van der Waals surface area contributed by atoms with Crippen LogP contribution in [0.2, 0.25) is 0 Å². The summed E-state index contributed by atoms with van der Waals surface area (Å²) in [6.07, 6.45) is 3.67. The van der Waals surface area contributed by atoms with Gasteiger partial charge in [-0.1, -0.05) is 36.4 Å². The summed E-state index contributed by atoms with van der Waals surface area (Å²) in [7, 11) is 0. The molecule has 3 N–H and O–H groups in total. The number of hydrogen-bond acceptors (Lipinski definition) is 4. The number of aromatic nitrogens is 3. The van der Waals surface area contributed by atoms with Gasteiger partial charge in [0.25, 0.3) is 0 Å². The molecule has 0 aliphatic rings. The van der Waals surface area contributed by atoms with E-state index < -0.39 is 0 Å². The number of hydrogen-bond donors (Lipinski definition) is 3. The van der Waals surface area contributed by atoms with Crippen molar-refractivity contribution in [1.29, 1.82) is 0 Å². The zero-order valence-electron chi connectivity index (χ0n) is 16.8. The van der Waals surface area contributed by atoms with E-state index in [1.165, 1.54) is 0 Å². The Labute approximate surface area is 179 Å². The minimum absolute atomic E-state index is 0.148. The molecule has 0 saturated heterocycles. The van der Waals surface area contributed by atoms with Gasteiger partial charge in [0, 0.05) is 31.4 Å². The van der Waals surface area contributed by atoms with E-state index >= 15 is 0 Å². The summed E-state index contributed by atoms with van der Waals surface area (Å²) in [5.41, 5.74) is 3.48. The maximum Gasteiger partial charge on any atom is 0.319 e. The fourth-order valence-corrected chi connectivity index (χ4v) is 3.08. The van der Waals surface area contributed by atoms with Crippen molar-refractivity contribution in [2.75, 3.05) is 11.9 Å². The van der Waals surface area contributed by atoms with Crippen LogP contribution >= 0.6 is 0 Å². The van der Waals surface area contributed by atoms with Crippen molar-refractivity contribution >= 4 is 28.7 Å². The van der Waals surface area contributed by atoms with Crippen molar-refractivity contribution in [3.8, 4) is 5.82 Å². The highest BCUT2D eigenvalue weighted by Crippen LogP contribution is 2.16. The predicted molar refractivity (Wildman–Crippen MR) is 119 cm³/mol. The van der Waals surface area contributed by atoms with Crippen LogP contribution in [-0.4, -0.2) is 33.0 Å². The minimum Gasteiger partial charge on any atom is -0.352 e. The molecule has 0 bridgehead atoms. The topological polar surface area (TPSA) is 101 Å². The largest absolute Gasteiger partial charge is 0.352 e. The van der Waals surface area contributed by atoms with Crippen LogP contribution in [0.5, 0.6) is 0 Å². The van der Waals surface area contributed by atoms with Gasteiger partial charge in [-0.15, -0.1) is 0 Å². The molecule has 31 heavy (non-hydrogen) atoms. The Morgan fingerprint density at radius 3 is 2.48 bits per heavy atom. The van der Waals surface area contributed by atoms with E-state index in [0.29, 0.717) is 12.2 Å². The first-order chi connectivity index (χ1) is 15.2. The molecule has 8 heteroatoms. The SMILES string of the molecule is O=C(CCNC(=O)Nc1ccccc1)NCc1ccc(-n2cnc3ccccc32)nc1. The second-order valence-electron chi connectivity index (χ2n) is 6.90. The maximum absolute atomic E-state index is 12.0. The van der Waals surface area contributed by atoms with Crippen LogP contribution in [0, 0.1) is 0 Å². The van der Waals surface area contributed by atoms with Gasteiger partial charge in [-0.25, -0.2) is 14.8 Å². The van der Waals surface area contributed by atoms with Gasteiger partial charge in [-0.05, 0) is 35.9 Å². The Morgan fingerprint density at radius 2 is 1.68 bits per heavy atom. The molecule has 0 unspecified atom stereocenters. The van der Waals surface area contributed by atoms with Gasteiger partial charge in [-0.2, -0.15) is 0 Å². The summed E-state index contributed by atoms with van der Waals surface area (Å²) in [6.45, 7) is 0.613. The second kappa shape index (κ2) is 9.53. The number of anilines is 1. The van der Waals surface area contributed by atoms with Gasteiger partial charge >= 0.3 is 6.03 Å². The first-order valence-electron chi connectivity index (χ1n) is 9.93. The third-order valence-electron chi connectivity index (χ3n) is 4.67. The maximum atomic E-state index is 12.0. The molecular formula is C23H22N6O2. The highest BCUT2D eigenvalue weighted by molar-refractivity contribution is 5.89. The molecule has 2 aromatic carbocycles. The lowest BCUT2D eigenvalue weighted by Gasteiger charge is -2.09. The molecule has 8 nitrogen and oxygen atoms in total. The Hall–Kier alpha value is -4.20.